The minimum absolute atomic E-state index is 0.411. The molecule has 0 spiro atoms. The van der Waals surface area contributed by atoms with Crippen LogP contribution in [0.3, 0.4) is 0 Å². The second-order valence-corrected chi connectivity index (χ2v) is 12.0. The monoisotopic (exact) mass is 246 g/mol. The standard InChI is InChI=1S/C16H26Si/c1-8-13-9-11-14(12-10-13)17(15(2,3)4)16(5,6)7/h8-12,17H,1H2,2-7H3. The fourth-order valence-corrected chi connectivity index (χ4v) is 8.30. The summed E-state index contributed by atoms with van der Waals surface area (Å²) in [5.41, 5.74) is 1.21. The van der Waals surface area contributed by atoms with E-state index in [1.165, 1.54) is 5.56 Å². The van der Waals surface area contributed by atoms with Crippen molar-refractivity contribution >= 4 is 20.1 Å². The summed E-state index contributed by atoms with van der Waals surface area (Å²) in [5, 5.41) is 2.39. The van der Waals surface area contributed by atoms with E-state index in [-0.39, 0.29) is 0 Å². The van der Waals surface area contributed by atoms with Crippen molar-refractivity contribution in [3.63, 3.8) is 0 Å². The highest BCUT2D eigenvalue weighted by Gasteiger charge is 2.37. The summed E-state index contributed by atoms with van der Waals surface area (Å²) >= 11 is 0. The van der Waals surface area contributed by atoms with E-state index in [0.29, 0.717) is 10.1 Å². The van der Waals surface area contributed by atoms with Crippen molar-refractivity contribution in [2.45, 2.75) is 51.6 Å². The lowest BCUT2D eigenvalue weighted by Crippen LogP contribution is -2.45. The maximum absolute atomic E-state index is 3.81. The van der Waals surface area contributed by atoms with Gasteiger partial charge in [0.25, 0.3) is 0 Å². The van der Waals surface area contributed by atoms with Gasteiger partial charge in [0.1, 0.15) is 0 Å². The molecule has 0 saturated heterocycles. The van der Waals surface area contributed by atoms with Crippen LogP contribution in [-0.4, -0.2) is 8.80 Å². The summed E-state index contributed by atoms with van der Waals surface area (Å²) in [4.78, 5) is 0. The van der Waals surface area contributed by atoms with Crippen LogP contribution < -0.4 is 5.19 Å². The molecule has 0 N–H and O–H groups in total. The maximum atomic E-state index is 3.81. The molecule has 0 aliphatic carbocycles. The number of benzene rings is 1. The van der Waals surface area contributed by atoms with Crippen LogP contribution in [0.15, 0.2) is 30.8 Å². The van der Waals surface area contributed by atoms with E-state index in [1.54, 1.807) is 5.19 Å². The van der Waals surface area contributed by atoms with E-state index in [0.717, 1.165) is 0 Å². The van der Waals surface area contributed by atoms with Crippen molar-refractivity contribution in [1.29, 1.82) is 0 Å². The zero-order valence-corrected chi connectivity index (χ0v) is 13.3. The van der Waals surface area contributed by atoms with Crippen molar-refractivity contribution in [3.05, 3.63) is 36.4 Å². The third-order valence-corrected chi connectivity index (χ3v) is 7.75. The lowest BCUT2D eigenvalue weighted by Gasteiger charge is -2.39. The van der Waals surface area contributed by atoms with Crippen molar-refractivity contribution in [2.75, 3.05) is 0 Å². The molecule has 94 valence electrons. The van der Waals surface area contributed by atoms with Crippen molar-refractivity contribution in [2.24, 2.45) is 0 Å². The molecule has 0 aromatic heterocycles. The second-order valence-electron chi connectivity index (χ2n) is 7.04. The molecule has 17 heavy (non-hydrogen) atoms. The fourth-order valence-electron chi connectivity index (χ4n) is 3.12. The first-order valence-electron chi connectivity index (χ1n) is 6.38. The Kier molecular flexibility index (Phi) is 4.03. The van der Waals surface area contributed by atoms with E-state index >= 15 is 0 Å². The van der Waals surface area contributed by atoms with Crippen LogP contribution in [-0.2, 0) is 0 Å². The van der Waals surface area contributed by atoms with Gasteiger partial charge in [-0.2, -0.15) is 0 Å². The fraction of sp³-hybridized carbons (Fsp3) is 0.500. The average molecular weight is 246 g/mol. The van der Waals surface area contributed by atoms with Gasteiger partial charge in [0.05, 0.1) is 8.80 Å². The van der Waals surface area contributed by atoms with Gasteiger partial charge in [0.2, 0.25) is 0 Å². The van der Waals surface area contributed by atoms with E-state index in [4.69, 9.17) is 0 Å². The predicted octanol–water partition coefficient (Wildman–Crippen LogP) is 4.36. The van der Waals surface area contributed by atoms with E-state index < -0.39 is 8.80 Å². The van der Waals surface area contributed by atoms with E-state index in [9.17, 15) is 0 Å². The van der Waals surface area contributed by atoms with Crippen LogP contribution in [0.1, 0.15) is 47.1 Å². The zero-order valence-electron chi connectivity index (χ0n) is 12.2. The van der Waals surface area contributed by atoms with Gasteiger partial charge in [-0.25, -0.2) is 0 Å². The summed E-state index contributed by atoms with van der Waals surface area (Å²) in [5.74, 6) is 0. The van der Waals surface area contributed by atoms with E-state index in [2.05, 4.69) is 72.4 Å². The molecule has 1 aromatic rings. The highest BCUT2D eigenvalue weighted by Crippen LogP contribution is 2.41. The number of hydrogen-bond donors (Lipinski definition) is 0. The predicted molar refractivity (Wildman–Crippen MR) is 82.7 cm³/mol. The molecule has 0 nitrogen and oxygen atoms in total. The van der Waals surface area contributed by atoms with Gasteiger partial charge < -0.3 is 0 Å². The molecule has 0 atom stereocenters. The van der Waals surface area contributed by atoms with Gasteiger partial charge in [-0.05, 0) is 15.6 Å². The SMILES string of the molecule is C=Cc1ccc([SiH](C(C)(C)C)C(C)(C)C)cc1. The Balaban J connectivity index is 3.19. The molecule has 0 saturated carbocycles. The smallest absolute Gasteiger partial charge is 0.0814 e. The molecule has 1 aromatic carbocycles. The van der Waals surface area contributed by atoms with Gasteiger partial charge in [-0.15, -0.1) is 0 Å². The van der Waals surface area contributed by atoms with Crippen LogP contribution in [0, 0.1) is 0 Å². The molecule has 0 aliphatic rings. The third kappa shape index (κ3) is 3.57. The largest absolute Gasteiger partial charge is 0.0985 e. The van der Waals surface area contributed by atoms with E-state index in [1.807, 2.05) is 6.08 Å². The Labute approximate surface area is 108 Å². The molecule has 0 amide bonds. The van der Waals surface area contributed by atoms with Gasteiger partial charge in [0.15, 0.2) is 0 Å². The minimum atomic E-state index is -1.03. The topological polar surface area (TPSA) is 0 Å². The lowest BCUT2D eigenvalue weighted by atomic mass is 10.2. The first kappa shape index (κ1) is 14.2. The summed E-state index contributed by atoms with van der Waals surface area (Å²) in [6, 6.07) is 9.01. The lowest BCUT2D eigenvalue weighted by molar-refractivity contribution is 0.653. The van der Waals surface area contributed by atoms with Gasteiger partial charge in [0, 0.05) is 0 Å². The van der Waals surface area contributed by atoms with Crippen LogP contribution in [0.25, 0.3) is 6.08 Å². The Morgan fingerprint density at radius 1 is 0.882 bits per heavy atom. The molecule has 1 heteroatoms. The summed E-state index contributed by atoms with van der Waals surface area (Å²) in [7, 11) is -1.03. The maximum Gasteiger partial charge on any atom is 0.0814 e. The first-order chi connectivity index (χ1) is 7.66. The molecular weight excluding hydrogens is 220 g/mol. The Morgan fingerprint density at radius 3 is 1.59 bits per heavy atom. The Hall–Kier alpha value is -0.823. The molecule has 0 radical (unpaired) electrons. The van der Waals surface area contributed by atoms with Crippen molar-refractivity contribution in [1.82, 2.24) is 0 Å². The van der Waals surface area contributed by atoms with Gasteiger partial charge in [-0.1, -0.05) is 83.6 Å². The van der Waals surface area contributed by atoms with Crippen molar-refractivity contribution in [3.8, 4) is 0 Å². The van der Waals surface area contributed by atoms with Crippen LogP contribution >= 0.6 is 0 Å². The van der Waals surface area contributed by atoms with Gasteiger partial charge >= 0.3 is 0 Å². The van der Waals surface area contributed by atoms with Crippen LogP contribution in [0.2, 0.25) is 10.1 Å². The van der Waals surface area contributed by atoms with Crippen LogP contribution in [0.5, 0.6) is 0 Å². The quantitative estimate of drug-likeness (QED) is 0.680. The Morgan fingerprint density at radius 2 is 1.29 bits per heavy atom. The Bertz CT molecular complexity index is 359. The summed E-state index contributed by atoms with van der Waals surface area (Å²) in [6.45, 7) is 18.1. The molecule has 0 bridgehead atoms. The number of rotatable bonds is 2. The zero-order chi connectivity index (χ0) is 13.3. The third-order valence-electron chi connectivity index (χ3n) is 3.24. The molecule has 1 rings (SSSR count). The normalized spacial score (nSPS) is 12.9. The summed E-state index contributed by atoms with van der Waals surface area (Å²) in [6.07, 6.45) is 1.91. The first-order valence-corrected chi connectivity index (χ1v) is 8.12. The molecule has 0 fully saturated rings. The molecular formula is C16H26Si. The molecule has 0 heterocycles. The molecule has 0 unspecified atom stereocenters. The second kappa shape index (κ2) is 4.81. The average Bonchev–Trinajstić information content (AvgIpc) is 2.14. The van der Waals surface area contributed by atoms with Crippen LogP contribution in [0.4, 0.5) is 0 Å². The number of hydrogen-bond acceptors (Lipinski definition) is 0. The highest BCUT2D eigenvalue weighted by atomic mass is 28.3. The molecule has 0 aliphatic heterocycles. The van der Waals surface area contributed by atoms with Gasteiger partial charge in [-0.3, -0.25) is 0 Å². The summed E-state index contributed by atoms with van der Waals surface area (Å²) < 4.78 is 0. The highest BCUT2D eigenvalue weighted by molar-refractivity contribution is 6.78. The minimum Gasteiger partial charge on any atom is -0.0985 e. The van der Waals surface area contributed by atoms with Crippen molar-refractivity contribution < 1.29 is 0 Å².